The number of carbonyl (C=O) groups excluding carboxylic acids is 1. The number of carbonyl (C=O) groups is 1. The van der Waals surface area contributed by atoms with E-state index in [1.807, 2.05) is 0 Å². The van der Waals surface area contributed by atoms with Crippen LogP contribution in [0.25, 0.3) is 0 Å². The van der Waals surface area contributed by atoms with Gasteiger partial charge in [-0.1, -0.05) is 23.7 Å². The average Bonchev–Trinajstić information content (AvgIpc) is 2.71. The minimum Gasteiger partial charge on any atom is -0.456 e. The molecule has 15 heavy (non-hydrogen) atoms. The summed E-state index contributed by atoms with van der Waals surface area (Å²) in [7, 11) is 0. The predicted molar refractivity (Wildman–Crippen MR) is 56.1 cm³/mol. The first-order valence-corrected chi connectivity index (χ1v) is 5.18. The van der Waals surface area contributed by atoms with Crippen LogP contribution in [0.2, 0.25) is 5.02 Å². The van der Waals surface area contributed by atoms with Gasteiger partial charge in [0.25, 0.3) is 0 Å². The van der Waals surface area contributed by atoms with Crippen LogP contribution in [0, 0.1) is 0 Å². The molecule has 0 aliphatic carbocycles. The van der Waals surface area contributed by atoms with Crippen LogP contribution in [0.1, 0.15) is 16.8 Å². The lowest BCUT2D eigenvalue weighted by Crippen LogP contribution is -2.18. The summed E-state index contributed by atoms with van der Waals surface area (Å²) in [5, 5.41) is 0.418. The van der Waals surface area contributed by atoms with Gasteiger partial charge in [-0.15, -0.1) is 0 Å². The molecule has 1 fully saturated rings. The van der Waals surface area contributed by atoms with E-state index in [1.165, 1.54) is 0 Å². The lowest BCUT2D eigenvalue weighted by Gasteiger charge is -2.10. The number of rotatable bonds is 2. The van der Waals surface area contributed by atoms with E-state index in [-0.39, 0.29) is 12.1 Å². The number of halogens is 1. The molecule has 4 heteroatoms. The zero-order chi connectivity index (χ0) is 10.7. The van der Waals surface area contributed by atoms with Crippen molar-refractivity contribution in [3.63, 3.8) is 0 Å². The van der Waals surface area contributed by atoms with Crippen molar-refractivity contribution < 1.29 is 14.3 Å². The Morgan fingerprint density at radius 2 is 2.27 bits per heavy atom. The van der Waals surface area contributed by atoms with E-state index in [1.54, 1.807) is 24.3 Å². The van der Waals surface area contributed by atoms with Crippen molar-refractivity contribution in [3.8, 4) is 0 Å². The number of benzene rings is 1. The second-order valence-corrected chi connectivity index (χ2v) is 3.78. The predicted octanol–water partition coefficient (Wildman–Crippen LogP) is 2.29. The Morgan fingerprint density at radius 1 is 1.47 bits per heavy atom. The largest absolute Gasteiger partial charge is 0.456 e. The normalized spacial score (nSPS) is 20.2. The maximum atomic E-state index is 11.7. The monoisotopic (exact) mass is 226 g/mol. The highest BCUT2D eigenvalue weighted by molar-refractivity contribution is 6.33. The molecule has 0 radical (unpaired) electrons. The molecule has 0 saturated carbocycles. The summed E-state index contributed by atoms with van der Waals surface area (Å²) in [5.41, 5.74) is 0.408. The Kier molecular flexibility index (Phi) is 3.23. The molecule has 80 valence electrons. The molecule has 1 aromatic carbocycles. The standard InChI is InChI=1S/C11H11ClO3/c12-10-4-2-1-3-9(10)11(13)15-8-5-6-14-7-8/h1-4,8H,5-7H2/t8-/m1/s1. The van der Waals surface area contributed by atoms with E-state index in [0.717, 1.165) is 6.42 Å². The zero-order valence-electron chi connectivity index (χ0n) is 8.11. The fraction of sp³-hybridized carbons (Fsp3) is 0.364. The zero-order valence-corrected chi connectivity index (χ0v) is 8.87. The van der Waals surface area contributed by atoms with Gasteiger partial charge in [-0.25, -0.2) is 4.79 Å². The number of hydrogen-bond acceptors (Lipinski definition) is 3. The first-order valence-electron chi connectivity index (χ1n) is 4.80. The average molecular weight is 227 g/mol. The lowest BCUT2D eigenvalue weighted by atomic mass is 10.2. The molecule has 1 saturated heterocycles. The molecule has 1 heterocycles. The van der Waals surface area contributed by atoms with E-state index in [4.69, 9.17) is 21.1 Å². The molecule has 2 rings (SSSR count). The van der Waals surface area contributed by atoms with Crippen molar-refractivity contribution in [2.45, 2.75) is 12.5 Å². The van der Waals surface area contributed by atoms with E-state index in [0.29, 0.717) is 23.8 Å². The van der Waals surface area contributed by atoms with Crippen molar-refractivity contribution >= 4 is 17.6 Å². The second-order valence-electron chi connectivity index (χ2n) is 3.37. The van der Waals surface area contributed by atoms with Crippen LogP contribution in [0.3, 0.4) is 0 Å². The maximum absolute atomic E-state index is 11.7. The molecular formula is C11H11ClO3. The fourth-order valence-corrected chi connectivity index (χ4v) is 1.66. The summed E-state index contributed by atoms with van der Waals surface area (Å²) in [6, 6.07) is 6.86. The summed E-state index contributed by atoms with van der Waals surface area (Å²) >= 11 is 5.87. The lowest BCUT2D eigenvalue weighted by molar-refractivity contribution is 0.0271. The smallest absolute Gasteiger partial charge is 0.340 e. The van der Waals surface area contributed by atoms with Crippen molar-refractivity contribution in [1.82, 2.24) is 0 Å². The van der Waals surface area contributed by atoms with E-state index in [2.05, 4.69) is 0 Å². The maximum Gasteiger partial charge on any atom is 0.340 e. The molecule has 0 bridgehead atoms. The van der Waals surface area contributed by atoms with Crippen molar-refractivity contribution in [2.24, 2.45) is 0 Å². The minimum absolute atomic E-state index is 0.131. The molecule has 1 aromatic rings. The van der Waals surface area contributed by atoms with Crippen LogP contribution in [0.5, 0.6) is 0 Å². The molecule has 1 aliphatic rings. The number of esters is 1. The van der Waals surface area contributed by atoms with Gasteiger partial charge in [0, 0.05) is 6.42 Å². The Balaban J connectivity index is 2.04. The first kappa shape index (κ1) is 10.5. The van der Waals surface area contributed by atoms with E-state index >= 15 is 0 Å². The summed E-state index contributed by atoms with van der Waals surface area (Å²) in [6.45, 7) is 1.14. The molecule has 0 aromatic heterocycles. The molecule has 0 unspecified atom stereocenters. The van der Waals surface area contributed by atoms with Crippen LogP contribution in [0.15, 0.2) is 24.3 Å². The highest BCUT2D eigenvalue weighted by atomic mass is 35.5. The Hall–Kier alpha value is -1.06. The number of hydrogen-bond donors (Lipinski definition) is 0. The van der Waals surface area contributed by atoms with Gasteiger partial charge in [0.15, 0.2) is 0 Å². The van der Waals surface area contributed by atoms with Crippen molar-refractivity contribution in [1.29, 1.82) is 0 Å². The molecule has 0 N–H and O–H groups in total. The fourth-order valence-electron chi connectivity index (χ4n) is 1.45. The SMILES string of the molecule is O=C(O[C@@H]1CCOC1)c1ccccc1Cl. The van der Waals surface area contributed by atoms with Crippen LogP contribution < -0.4 is 0 Å². The van der Waals surface area contributed by atoms with Crippen LogP contribution in [-0.4, -0.2) is 25.3 Å². The second kappa shape index (κ2) is 4.64. The van der Waals surface area contributed by atoms with E-state index in [9.17, 15) is 4.79 Å². The van der Waals surface area contributed by atoms with E-state index < -0.39 is 0 Å². The summed E-state index contributed by atoms with van der Waals surface area (Å²) in [4.78, 5) is 11.7. The third kappa shape index (κ3) is 2.49. The van der Waals surface area contributed by atoms with Gasteiger partial charge in [0.05, 0.1) is 23.8 Å². The third-order valence-electron chi connectivity index (χ3n) is 2.26. The summed E-state index contributed by atoms with van der Waals surface area (Å²) < 4.78 is 10.3. The minimum atomic E-state index is -0.379. The number of ether oxygens (including phenoxy) is 2. The van der Waals surface area contributed by atoms with Crippen LogP contribution in [-0.2, 0) is 9.47 Å². The third-order valence-corrected chi connectivity index (χ3v) is 2.58. The Morgan fingerprint density at radius 3 is 2.93 bits per heavy atom. The van der Waals surface area contributed by atoms with Crippen molar-refractivity contribution in [3.05, 3.63) is 34.9 Å². The van der Waals surface area contributed by atoms with Gasteiger partial charge in [0.2, 0.25) is 0 Å². The molecular weight excluding hydrogens is 216 g/mol. The first-order chi connectivity index (χ1) is 7.27. The van der Waals surface area contributed by atoms with Gasteiger partial charge < -0.3 is 9.47 Å². The highest BCUT2D eigenvalue weighted by Crippen LogP contribution is 2.18. The highest BCUT2D eigenvalue weighted by Gasteiger charge is 2.21. The molecule has 3 nitrogen and oxygen atoms in total. The molecule has 0 amide bonds. The Bertz CT molecular complexity index is 359. The van der Waals surface area contributed by atoms with Crippen LogP contribution in [0.4, 0.5) is 0 Å². The topological polar surface area (TPSA) is 35.5 Å². The quantitative estimate of drug-likeness (QED) is 0.726. The Labute approximate surface area is 92.9 Å². The van der Waals surface area contributed by atoms with Gasteiger partial charge in [-0.05, 0) is 12.1 Å². The van der Waals surface area contributed by atoms with Gasteiger partial charge in [-0.3, -0.25) is 0 Å². The van der Waals surface area contributed by atoms with Crippen molar-refractivity contribution in [2.75, 3.05) is 13.2 Å². The summed E-state index contributed by atoms with van der Waals surface area (Å²) in [6.07, 6.45) is 0.629. The van der Waals surface area contributed by atoms with Crippen LogP contribution >= 0.6 is 11.6 Å². The van der Waals surface area contributed by atoms with Gasteiger partial charge in [-0.2, -0.15) is 0 Å². The molecule has 0 spiro atoms. The van der Waals surface area contributed by atoms with Gasteiger partial charge >= 0.3 is 5.97 Å². The molecule has 1 aliphatic heterocycles. The molecule has 1 atom stereocenters. The van der Waals surface area contributed by atoms with Gasteiger partial charge in [0.1, 0.15) is 6.10 Å². The summed E-state index contributed by atoms with van der Waals surface area (Å²) in [5.74, 6) is -0.379.